The molecule has 18 heavy (non-hydrogen) atoms. The van der Waals surface area contributed by atoms with Crippen molar-refractivity contribution < 1.29 is 10.0 Å². The third-order valence-electron chi connectivity index (χ3n) is 3.26. The summed E-state index contributed by atoms with van der Waals surface area (Å²) < 4.78 is 0. The molecule has 5 nitrogen and oxygen atoms in total. The number of hydrogen-bond acceptors (Lipinski definition) is 4. The van der Waals surface area contributed by atoms with E-state index in [0.29, 0.717) is 12.5 Å². The third-order valence-corrected chi connectivity index (χ3v) is 3.26. The Hall–Kier alpha value is -1.46. The molecule has 1 fully saturated rings. The molecule has 1 aromatic carbocycles. The Morgan fingerprint density at radius 2 is 2.06 bits per heavy atom. The fourth-order valence-corrected chi connectivity index (χ4v) is 1.91. The molecule has 0 aliphatic heterocycles. The van der Waals surface area contributed by atoms with Crippen LogP contribution >= 0.6 is 0 Å². The lowest BCUT2D eigenvalue weighted by Gasteiger charge is -2.10. The topological polar surface area (TPSA) is 75.4 Å². The molecule has 1 aliphatic carbocycles. The summed E-state index contributed by atoms with van der Waals surface area (Å²) in [5.74, 6) is 0.497. The van der Waals surface area contributed by atoms with Crippen LogP contribution in [-0.2, 0) is 6.42 Å². The number of nitro benzene ring substituents is 1. The van der Waals surface area contributed by atoms with Crippen LogP contribution in [0.2, 0.25) is 0 Å². The van der Waals surface area contributed by atoms with Gasteiger partial charge in [0.05, 0.1) is 11.0 Å². The van der Waals surface area contributed by atoms with Crippen LogP contribution in [-0.4, -0.2) is 29.2 Å². The average Bonchev–Trinajstić information content (AvgIpc) is 3.19. The summed E-state index contributed by atoms with van der Waals surface area (Å²) in [5.41, 5.74) is 1.19. The van der Waals surface area contributed by atoms with Crippen LogP contribution in [0, 0.1) is 16.0 Å². The van der Waals surface area contributed by atoms with Crippen LogP contribution in [0.1, 0.15) is 18.4 Å². The molecule has 1 aromatic rings. The predicted molar refractivity (Wildman–Crippen MR) is 68.4 cm³/mol. The van der Waals surface area contributed by atoms with Crippen LogP contribution in [0.5, 0.6) is 0 Å². The van der Waals surface area contributed by atoms with Crippen LogP contribution in [0.3, 0.4) is 0 Å². The molecule has 98 valence electrons. The number of benzene rings is 1. The van der Waals surface area contributed by atoms with Gasteiger partial charge in [-0.25, -0.2) is 0 Å². The molecule has 0 amide bonds. The first-order valence-electron chi connectivity index (χ1n) is 6.29. The zero-order chi connectivity index (χ0) is 13.0. The molecule has 0 heterocycles. The minimum Gasteiger partial charge on any atom is -0.392 e. The molecule has 5 heteroatoms. The molecular weight excluding hydrogens is 232 g/mol. The largest absolute Gasteiger partial charge is 0.392 e. The second kappa shape index (κ2) is 5.93. The lowest BCUT2D eigenvalue weighted by Crippen LogP contribution is -2.29. The van der Waals surface area contributed by atoms with Gasteiger partial charge in [0, 0.05) is 18.7 Å². The highest BCUT2D eigenvalue weighted by molar-refractivity contribution is 5.32. The number of nitro groups is 1. The molecule has 1 saturated carbocycles. The van der Waals surface area contributed by atoms with E-state index >= 15 is 0 Å². The molecule has 0 bridgehead atoms. The summed E-state index contributed by atoms with van der Waals surface area (Å²) >= 11 is 0. The van der Waals surface area contributed by atoms with Gasteiger partial charge in [0.2, 0.25) is 0 Å². The van der Waals surface area contributed by atoms with Gasteiger partial charge in [-0.3, -0.25) is 10.1 Å². The maximum absolute atomic E-state index is 10.5. The molecule has 0 aromatic heterocycles. The summed E-state index contributed by atoms with van der Waals surface area (Å²) in [6, 6.07) is 6.59. The first kappa shape index (κ1) is 13.0. The molecule has 1 unspecified atom stereocenters. The first-order chi connectivity index (χ1) is 8.66. The standard InChI is InChI=1S/C13H18N2O3/c16-13(11-3-4-11)9-14-8-7-10-1-5-12(6-2-10)15(17)18/h1-2,5-6,11,13-14,16H,3-4,7-9H2. The number of hydrogen-bond donors (Lipinski definition) is 2. The lowest BCUT2D eigenvalue weighted by atomic mass is 10.1. The number of nitrogens with zero attached hydrogens (tertiary/aromatic N) is 1. The van der Waals surface area contributed by atoms with E-state index < -0.39 is 4.92 Å². The van der Waals surface area contributed by atoms with Crippen molar-refractivity contribution in [2.45, 2.75) is 25.4 Å². The fourth-order valence-electron chi connectivity index (χ4n) is 1.91. The Balaban J connectivity index is 1.67. The first-order valence-corrected chi connectivity index (χ1v) is 6.29. The highest BCUT2D eigenvalue weighted by Gasteiger charge is 2.28. The molecule has 0 saturated heterocycles. The van der Waals surface area contributed by atoms with E-state index in [1.807, 2.05) is 0 Å². The molecular formula is C13H18N2O3. The predicted octanol–water partition coefficient (Wildman–Crippen LogP) is 1.50. The summed E-state index contributed by atoms with van der Waals surface area (Å²) in [4.78, 5) is 10.1. The number of nitrogens with one attached hydrogen (secondary N) is 1. The van der Waals surface area contributed by atoms with Crippen molar-refractivity contribution in [2.75, 3.05) is 13.1 Å². The zero-order valence-corrected chi connectivity index (χ0v) is 10.2. The van der Waals surface area contributed by atoms with Crippen molar-refractivity contribution in [1.82, 2.24) is 5.32 Å². The van der Waals surface area contributed by atoms with Crippen LogP contribution in [0.15, 0.2) is 24.3 Å². The van der Waals surface area contributed by atoms with Gasteiger partial charge < -0.3 is 10.4 Å². The highest BCUT2D eigenvalue weighted by Crippen LogP contribution is 2.32. The van der Waals surface area contributed by atoms with E-state index in [9.17, 15) is 15.2 Å². The van der Waals surface area contributed by atoms with E-state index in [1.165, 1.54) is 12.1 Å². The molecule has 1 atom stereocenters. The van der Waals surface area contributed by atoms with Crippen LogP contribution in [0.25, 0.3) is 0 Å². The van der Waals surface area contributed by atoms with Crippen molar-refractivity contribution in [3.8, 4) is 0 Å². The number of rotatable bonds is 7. The van der Waals surface area contributed by atoms with E-state index in [-0.39, 0.29) is 11.8 Å². The smallest absolute Gasteiger partial charge is 0.269 e. The Morgan fingerprint density at radius 1 is 1.39 bits per heavy atom. The maximum atomic E-state index is 10.5. The van der Waals surface area contributed by atoms with Crippen molar-refractivity contribution >= 4 is 5.69 Å². The van der Waals surface area contributed by atoms with Crippen molar-refractivity contribution in [3.05, 3.63) is 39.9 Å². The summed E-state index contributed by atoms with van der Waals surface area (Å²) in [5, 5.41) is 23.3. The Morgan fingerprint density at radius 3 is 2.61 bits per heavy atom. The van der Waals surface area contributed by atoms with Gasteiger partial charge in [0.1, 0.15) is 0 Å². The molecule has 0 radical (unpaired) electrons. The lowest BCUT2D eigenvalue weighted by molar-refractivity contribution is -0.384. The monoisotopic (exact) mass is 250 g/mol. The van der Waals surface area contributed by atoms with Crippen molar-refractivity contribution in [3.63, 3.8) is 0 Å². The van der Waals surface area contributed by atoms with Crippen molar-refractivity contribution in [1.29, 1.82) is 0 Å². The Kier molecular flexibility index (Phi) is 4.28. The highest BCUT2D eigenvalue weighted by atomic mass is 16.6. The Labute approximate surface area is 106 Å². The minimum atomic E-state index is -0.395. The van der Waals surface area contributed by atoms with E-state index in [0.717, 1.165) is 31.4 Å². The Bertz CT molecular complexity index is 401. The molecule has 0 spiro atoms. The van der Waals surface area contributed by atoms with E-state index in [1.54, 1.807) is 12.1 Å². The second-order valence-corrected chi connectivity index (χ2v) is 4.78. The quantitative estimate of drug-likeness (QED) is 0.437. The SMILES string of the molecule is O=[N+]([O-])c1ccc(CCNCC(O)C2CC2)cc1. The maximum Gasteiger partial charge on any atom is 0.269 e. The van der Waals surface area contributed by atoms with Crippen LogP contribution < -0.4 is 5.32 Å². The normalized spacial score (nSPS) is 16.5. The molecule has 2 rings (SSSR count). The van der Waals surface area contributed by atoms with Gasteiger partial charge in [-0.05, 0) is 37.3 Å². The van der Waals surface area contributed by atoms with E-state index in [2.05, 4.69) is 5.32 Å². The van der Waals surface area contributed by atoms with Crippen molar-refractivity contribution in [2.24, 2.45) is 5.92 Å². The van der Waals surface area contributed by atoms with Crippen LogP contribution in [0.4, 0.5) is 5.69 Å². The zero-order valence-electron chi connectivity index (χ0n) is 10.2. The fraction of sp³-hybridized carbons (Fsp3) is 0.538. The van der Waals surface area contributed by atoms with Gasteiger partial charge in [0.15, 0.2) is 0 Å². The summed E-state index contributed by atoms with van der Waals surface area (Å²) in [6.45, 7) is 1.42. The summed E-state index contributed by atoms with van der Waals surface area (Å²) in [7, 11) is 0. The van der Waals surface area contributed by atoms with Gasteiger partial charge in [-0.1, -0.05) is 12.1 Å². The third kappa shape index (κ3) is 3.78. The number of aliphatic hydroxyl groups excluding tert-OH is 1. The molecule has 2 N–H and O–H groups in total. The number of non-ortho nitro benzene ring substituents is 1. The van der Waals surface area contributed by atoms with Gasteiger partial charge >= 0.3 is 0 Å². The van der Waals surface area contributed by atoms with Gasteiger partial charge in [0.25, 0.3) is 5.69 Å². The summed E-state index contributed by atoms with van der Waals surface area (Å²) in [6.07, 6.45) is 2.88. The van der Waals surface area contributed by atoms with Gasteiger partial charge in [-0.15, -0.1) is 0 Å². The van der Waals surface area contributed by atoms with E-state index in [4.69, 9.17) is 0 Å². The van der Waals surface area contributed by atoms with Gasteiger partial charge in [-0.2, -0.15) is 0 Å². The second-order valence-electron chi connectivity index (χ2n) is 4.78. The number of aliphatic hydroxyl groups is 1. The molecule has 1 aliphatic rings. The average molecular weight is 250 g/mol. The minimum absolute atomic E-state index is 0.121.